The van der Waals surface area contributed by atoms with Crippen molar-refractivity contribution >= 4 is 33.7 Å². The van der Waals surface area contributed by atoms with Gasteiger partial charge in [-0.2, -0.15) is 0 Å². The second-order valence-electron chi connectivity index (χ2n) is 3.86. The van der Waals surface area contributed by atoms with Crippen LogP contribution < -0.4 is 4.90 Å². The van der Waals surface area contributed by atoms with Crippen molar-refractivity contribution in [1.29, 1.82) is 0 Å². The molecule has 1 saturated heterocycles. The molecule has 0 radical (unpaired) electrons. The average Bonchev–Trinajstić information content (AvgIpc) is 2.94. The van der Waals surface area contributed by atoms with Crippen molar-refractivity contribution in [2.75, 3.05) is 23.9 Å². The van der Waals surface area contributed by atoms with Crippen LogP contribution in [0.5, 0.6) is 0 Å². The van der Waals surface area contributed by atoms with E-state index in [4.69, 9.17) is 4.42 Å². The van der Waals surface area contributed by atoms with Gasteiger partial charge in [-0.25, -0.2) is 4.79 Å². The van der Waals surface area contributed by atoms with Crippen LogP contribution in [0.4, 0.5) is 5.88 Å². The van der Waals surface area contributed by atoms with E-state index in [9.17, 15) is 9.59 Å². The van der Waals surface area contributed by atoms with Crippen LogP contribution in [0.15, 0.2) is 16.5 Å². The zero-order valence-corrected chi connectivity index (χ0v) is 10.9. The van der Waals surface area contributed by atoms with Crippen LogP contribution in [0, 0.1) is 5.92 Å². The Kier molecular flexibility index (Phi) is 3.51. The first-order chi connectivity index (χ1) is 8.15. The first kappa shape index (κ1) is 12.2. The zero-order valence-electron chi connectivity index (χ0n) is 9.31. The maximum absolute atomic E-state index is 11.7. The predicted octanol–water partition coefficient (Wildman–Crippen LogP) is 1.81. The Balaban J connectivity index is 2.15. The molecule has 1 aliphatic rings. The maximum atomic E-state index is 11.7. The van der Waals surface area contributed by atoms with Crippen LogP contribution in [0.25, 0.3) is 0 Å². The number of methoxy groups -OCH3 is 1. The highest BCUT2D eigenvalue weighted by atomic mass is 79.9. The molecule has 1 amide bonds. The Bertz CT molecular complexity index is 442. The minimum atomic E-state index is -0.542. The second kappa shape index (κ2) is 4.91. The smallest absolute Gasteiger partial charge is 0.374 e. The lowest BCUT2D eigenvalue weighted by atomic mass is 10.2. The largest absolute Gasteiger partial charge is 0.463 e. The normalized spacial score (nSPS) is 19.8. The van der Waals surface area contributed by atoms with Crippen molar-refractivity contribution in [3.8, 4) is 0 Å². The van der Waals surface area contributed by atoms with Crippen molar-refractivity contribution < 1.29 is 18.7 Å². The minimum Gasteiger partial charge on any atom is -0.463 e. The number of halogens is 1. The molecule has 1 fully saturated rings. The zero-order chi connectivity index (χ0) is 12.4. The number of ether oxygens (including phenoxy) is 1. The van der Waals surface area contributed by atoms with E-state index < -0.39 is 5.97 Å². The predicted molar refractivity (Wildman–Crippen MR) is 64.3 cm³/mol. The highest BCUT2D eigenvalue weighted by Gasteiger charge is 2.32. The first-order valence-electron chi connectivity index (χ1n) is 5.20. The van der Waals surface area contributed by atoms with Gasteiger partial charge in [0.1, 0.15) is 0 Å². The molecular formula is C11H12BrNO4. The van der Waals surface area contributed by atoms with E-state index in [2.05, 4.69) is 20.7 Å². The van der Waals surface area contributed by atoms with E-state index in [1.807, 2.05) is 0 Å². The number of hydrogen-bond donors (Lipinski definition) is 0. The van der Waals surface area contributed by atoms with Gasteiger partial charge in [-0.15, -0.1) is 0 Å². The molecule has 0 N–H and O–H groups in total. The quantitative estimate of drug-likeness (QED) is 0.631. The van der Waals surface area contributed by atoms with Gasteiger partial charge in [0.2, 0.25) is 17.6 Å². The van der Waals surface area contributed by atoms with E-state index in [-0.39, 0.29) is 17.6 Å². The van der Waals surface area contributed by atoms with Gasteiger partial charge in [-0.05, 0) is 12.0 Å². The molecule has 6 heteroatoms. The number of alkyl halides is 1. The minimum absolute atomic E-state index is 0.0141. The van der Waals surface area contributed by atoms with Crippen LogP contribution in [-0.2, 0) is 9.53 Å². The number of esters is 1. The summed E-state index contributed by atoms with van der Waals surface area (Å²) in [6.45, 7) is 0.609. The monoisotopic (exact) mass is 301 g/mol. The molecule has 1 aliphatic heterocycles. The molecule has 0 aliphatic carbocycles. The SMILES string of the molecule is COC(=O)c1ccc(N2CC(CBr)CC2=O)o1. The van der Waals surface area contributed by atoms with Crippen molar-refractivity contribution in [2.24, 2.45) is 5.92 Å². The Hall–Kier alpha value is -1.30. The van der Waals surface area contributed by atoms with Gasteiger partial charge in [0.15, 0.2) is 0 Å². The fraction of sp³-hybridized carbons (Fsp3) is 0.455. The topological polar surface area (TPSA) is 59.8 Å². The molecule has 0 bridgehead atoms. The Morgan fingerprint density at radius 1 is 1.65 bits per heavy atom. The third-order valence-corrected chi connectivity index (χ3v) is 3.58. The lowest BCUT2D eigenvalue weighted by molar-refractivity contribution is -0.117. The first-order valence-corrected chi connectivity index (χ1v) is 6.32. The third kappa shape index (κ3) is 2.36. The number of carbonyl (C=O) groups excluding carboxylic acids is 2. The van der Waals surface area contributed by atoms with Gasteiger partial charge in [-0.3, -0.25) is 9.69 Å². The van der Waals surface area contributed by atoms with Crippen LogP contribution in [0.2, 0.25) is 0 Å². The van der Waals surface area contributed by atoms with E-state index in [1.54, 1.807) is 11.0 Å². The Morgan fingerprint density at radius 2 is 2.41 bits per heavy atom. The summed E-state index contributed by atoms with van der Waals surface area (Å²) in [5.74, 6) is 0.269. The molecule has 5 nitrogen and oxygen atoms in total. The van der Waals surface area contributed by atoms with E-state index in [1.165, 1.54) is 13.2 Å². The lowest BCUT2D eigenvalue weighted by Crippen LogP contribution is -2.24. The standard InChI is InChI=1S/C11H12BrNO4/c1-16-11(15)8-2-3-10(17-8)13-6-7(5-12)4-9(13)14/h2-3,7H,4-6H2,1H3. The molecule has 2 heterocycles. The molecule has 92 valence electrons. The van der Waals surface area contributed by atoms with E-state index >= 15 is 0 Å². The van der Waals surface area contributed by atoms with Crippen LogP contribution in [-0.4, -0.2) is 30.9 Å². The fourth-order valence-electron chi connectivity index (χ4n) is 1.78. The van der Waals surface area contributed by atoms with Gasteiger partial charge in [0, 0.05) is 24.4 Å². The van der Waals surface area contributed by atoms with Crippen molar-refractivity contribution in [3.63, 3.8) is 0 Å². The fourth-order valence-corrected chi connectivity index (χ4v) is 2.21. The van der Waals surface area contributed by atoms with Crippen molar-refractivity contribution in [2.45, 2.75) is 6.42 Å². The van der Waals surface area contributed by atoms with Gasteiger partial charge in [0.25, 0.3) is 0 Å². The summed E-state index contributed by atoms with van der Waals surface area (Å²) in [6.07, 6.45) is 0.500. The summed E-state index contributed by atoms with van der Waals surface area (Å²) in [4.78, 5) is 24.5. The summed E-state index contributed by atoms with van der Waals surface area (Å²) in [5, 5.41) is 0.778. The molecule has 0 spiro atoms. The second-order valence-corrected chi connectivity index (χ2v) is 4.51. The Morgan fingerprint density at radius 3 is 3.00 bits per heavy atom. The number of hydrogen-bond acceptors (Lipinski definition) is 4. The number of anilines is 1. The van der Waals surface area contributed by atoms with E-state index in [0.29, 0.717) is 18.8 Å². The molecule has 0 aromatic carbocycles. The number of amides is 1. The molecule has 2 rings (SSSR count). The third-order valence-electron chi connectivity index (χ3n) is 2.67. The van der Waals surface area contributed by atoms with Crippen molar-refractivity contribution in [3.05, 3.63) is 17.9 Å². The summed E-state index contributed by atoms with van der Waals surface area (Å²) < 4.78 is 9.84. The molecule has 1 unspecified atom stereocenters. The van der Waals surface area contributed by atoms with Crippen LogP contribution in [0.1, 0.15) is 17.0 Å². The number of furan rings is 1. The summed E-state index contributed by atoms with van der Waals surface area (Å²) >= 11 is 3.36. The Labute approximate surface area is 107 Å². The molecule has 17 heavy (non-hydrogen) atoms. The van der Waals surface area contributed by atoms with Gasteiger partial charge in [0.05, 0.1) is 7.11 Å². The molecule has 1 aromatic heterocycles. The summed E-state index contributed by atoms with van der Waals surface area (Å²) in [6, 6.07) is 3.12. The van der Waals surface area contributed by atoms with Gasteiger partial charge in [-0.1, -0.05) is 15.9 Å². The highest BCUT2D eigenvalue weighted by molar-refractivity contribution is 9.09. The molecule has 1 atom stereocenters. The maximum Gasteiger partial charge on any atom is 0.374 e. The molecular weight excluding hydrogens is 290 g/mol. The lowest BCUT2D eigenvalue weighted by Gasteiger charge is -2.12. The van der Waals surface area contributed by atoms with Gasteiger partial charge < -0.3 is 9.15 Å². The van der Waals surface area contributed by atoms with Crippen LogP contribution >= 0.6 is 15.9 Å². The number of carbonyl (C=O) groups is 2. The molecule has 1 aromatic rings. The average molecular weight is 302 g/mol. The van der Waals surface area contributed by atoms with Crippen molar-refractivity contribution in [1.82, 2.24) is 0 Å². The highest BCUT2D eigenvalue weighted by Crippen LogP contribution is 2.27. The molecule has 0 saturated carbocycles. The van der Waals surface area contributed by atoms with Crippen LogP contribution in [0.3, 0.4) is 0 Å². The summed E-state index contributed by atoms with van der Waals surface area (Å²) in [5.41, 5.74) is 0. The van der Waals surface area contributed by atoms with E-state index in [0.717, 1.165) is 5.33 Å². The summed E-state index contributed by atoms with van der Waals surface area (Å²) in [7, 11) is 1.28. The number of rotatable bonds is 3. The van der Waals surface area contributed by atoms with Gasteiger partial charge >= 0.3 is 5.97 Å². The number of nitrogens with zero attached hydrogens (tertiary/aromatic N) is 1.